The first-order valence-corrected chi connectivity index (χ1v) is 5.96. The molecule has 0 fully saturated rings. The Morgan fingerprint density at radius 2 is 2.18 bits per heavy atom. The number of thiophene rings is 1. The van der Waals surface area contributed by atoms with Crippen molar-refractivity contribution in [2.75, 3.05) is 0 Å². The van der Waals surface area contributed by atoms with Crippen molar-refractivity contribution in [1.29, 1.82) is 0 Å². The number of nitrogens with zero attached hydrogens (tertiary/aromatic N) is 3. The molecule has 5 heteroatoms. The van der Waals surface area contributed by atoms with Gasteiger partial charge in [0.15, 0.2) is 17.8 Å². The number of pyridine rings is 1. The number of rotatable bonds is 2. The van der Waals surface area contributed by atoms with E-state index in [4.69, 9.17) is 0 Å². The molecule has 0 amide bonds. The molecule has 0 saturated carbocycles. The van der Waals surface area contributed by atoms with Crippen LogP contribution in [0.5, 0.6) is 0 Å². The Hall–Kier alpha value is -2.01. The molecule has 0 saturated heterocycles. The highest BCUT2D eigenvalue weighted by Gasteiger charge is 2.08. The summed E-state index contributed by atoms with van der Waals surface area (Å²) in [6.45, 7) is 2.05. The van der Waals surface area contributed by atoms with Crippen LogP contribution in [0.15, 0.2) is 30.5 Å². The fourth-order valence-electron chi connectivity index (χ4n) is 1.63. The van der Waals surface area contributed by atoms with Crippen LogP contribution < -0.4 is 0 Å². The lowest BCUT2D eigenvalue weighted by molar-refractivity contribution is 0.112. The molecule has 0 aliphatic carbocycles. The van der Waals surface area contributed by atoms with E-state index in [1.807, 2.05) is 12.1 Å². The van der Waals surface area contributed by atoms with E-state index >= 15 is 0 Å². The minimum atomic E-state index is 0.594. The van der Waals surface area contributed by atoms with Crippen molar-refractivity contribution >= 4 is 23.3 Å². The highest BCUT2D eigenvalue weighted by atomic mass is 32.1. The quantitative estimate of drug-likeness (QED) is 0.650. The van der Waals surface area contributed by atoms with Crippen molar-refractivity contribution < 1.29 is 4.79 Å². The van der Waals surface area contributed by atoms with E-state index in [1.54, 1.807) is 34.2 Å². The van der Waals surface area contributed by atoms with Gasteiger partial charge in [0, 0.05) is 16.6 Å². The zero-order valence-corrected chi connectivity index (χ0v) is 9.94. The fourth-order valence-corrected chi connectivity index (χ4v) is 2.42. The largest absolute Gasteiger partial charge is 0.298 e. The monoisotopic (exact) mass is 243 g/mol. The topological polar surface area (TPSA) is 47.3 Å². The van der Waals surface area contributed by atoms with Crippen molar-refractivity contribution in [2.45, 2.75) is 6.92 Å². The van der Waals surface area contributed by atoms with Crippen LogP contribution in [0.4, 0.5) is 0 Å². The van der Waals surface area contributed by atoms with Gasteiger partial charge >= 0.3 is 0 Å². The van der Waals surface area contributed by atoms with Crippen molar-refractivity contribution in [3.63, 3.8) is 0 Å². The summed E-state index contributed by atoms with van der Waals surface area (Å²) >= 11 is 1.66. The molecule has 0 aliphatic heterocycles. The van der Waals surface area contributed by atoms with Gasteiger partial charge in [0.25, 0.3) is 0 Å². The Morgan fingerprint density at radius 3 is 2.88 bits per heavy atom. The third kappa shape index (κ3) is 1.74. The van der Waals surface area contributed by atoms with Gasteiger partial charge in [0.1, 0.15) is 0 Å². The lowest BCUT2D eigenvalue weighted by Crippen LogP contribution is -1.89. The summed E-state index contributed by atoms with van der Waals surface area (Å²) < 4.78 is 1.63. The average molecular weight is 243 g/mol. The van der Waals surface area contributed by atoms with Crippen molar-refractivity contribution in [3.05, 3.63) is 40.9 Å². The van der Waals surface area contributed by atoms with Crippen LogP contribution in [-0.4, -0.2) is 20.9 Å². The first-order valence-electron chi connectivity index (χ1n) is 5.15. The molecular weight excluding hydrogens is 234 g/mol. The molecule has 0 atom stereocenters. The number of carbonyl (C=O) groups is 1. The van der Waals surface area contributed by atoms with Gasteiger partial charge in [-0.3, -0.25) is 4.79 Å². The number of aryl methyl sites for hydroxylation is 1. The summed E-state index contributed by atoms with van der Waals surface area (Å²) in [7, 11) is 0. The maximum absolute atomic E-state index is 10.7. The van der Waals surface area contributed by atoms with Crippen molar-refractivity contribution in [3.8, 4) is 10.7 Å². The molecule has 0 aromatic carbocycles. The molecule has 84 valence electrons. The third-order valence-corrected chi connectivity index (χ3v) is 3.45. The maximum atomic E-state index is 10.7. The molecule has 3 rings (SSSR count). The number of carbonyl (C=O) groups excluding carboxylic acids is 1. The first-order chi connectivity index (χ1) is 8.26. The van der Waals surface area contributed by atoms with Crippen molar-refractivity contribution in [1.82, 2.24) is 14.6 Å². The Labute approximate surface area is 102 Å². The highest BCUT2D eigenvalue weighted by Crippen LogP contribution is 2.25. The summed E-state index contributed by atoms with van der Waals surface area (Å²) in [5.41, 5.74) is 1.34. The summed E-state index contributed by atoms with van der Waals surface area (Å²) in [4.78, 5) is 17.4. The molecule has 0 radical (unpaired) electrons. The Bertz CT molecular complexity index is 699. The first kappa shape index (κ1) is 10.2. The van der Waals surface area contributed by atoms with Crippen molar-refractivity contribution in [2.24, 2.45) is 0 Å². The van der Waals surface area contributed by atoms with Crippen LogP contribution in [0.3, 0.4) is 0 Å². The molecule has 0 bridgehead atoms. The minimum Gasteiger partial charge on any atom is -0.298 e. The maximum Gasteiger partial charge on any atom is 0.192 e. The molecule has 3 aromatic rings. The van der Waals surface area contributed by atoms with E-state index in [0.29, 0.717) is 11.4 Å². The van der Waals surface area contributed by atoms with Gasteiger partial charge in [0.2, 0.25) is 0 Å². The molecule has 0 unspecified atom stereocenters. The van der Waals surface area contributed by atoms with E-state index in [0.717, 1.165) is 16.8 Å². The second kappa shape index (κ2) is 3.78. The highest BCUT2D eigenvalue weighted by molar-refractivity contribution is 7.15. The Balaban J connectivity index is 2.16. The SMILES string of the molecule is Cc1ccc(-c2nc3ccc(C=O)cn3n2)s1. The van der Waals surface area contributed by atoms with Gasteiger partial charge in [-0.1, -0.05) is 0 Å². The van der Waals surface area contributed by atoms with E-state index in [2.05, 4.69) is 17.0 Å². The predicted octanol–water partition coefficient (Wildman–Crippen LogP) is 2.58. The molecule has 0 aliphatic rings. The second-order valence-electron chi connectivity index (χ2n) is 3.73. The predicted molar refractivity (Wildman–Crippen MR) is 66.4 cm³/mol. The zero-order chi connectivity index (χ0) is 11.8. The number of aldehydes is 1. The Kier molecular flexibility index (Phi) is 2.26. The van der Waals surface area contributed by atoms with Gasteiger partial charge in [-0.2, -0.15) is 0 Å². The zero-order valence-electron chi connectivity index (χ0n) is 9.12. The summed E-state index contributed by atoms with van der Waals surface area (Å²) in [6.07, 6.45) is 2.48. The molecule has 3 aromatic heterocycles. The van der Waals surface area contributed by atoms with Crippen LogP contribution in [0.1, 0.15) is 15.2 Å². The Morgan fingerprint density at radius 1 is 1.29 bits per heavy atom. The standard InChI is InChI=1S/C12H9N3OS/c1-8-2-4-10(17-8)12-13-11-5-3-9(7-16)6-15(11)14-12/h2-7H,1H3. The lowest BCUT2D eigenvalue weighted by atomic mass is 10.3. The van der Waals surface area contributed by atoms with Gasteiger partial charge in [0.05, 0.1) is 4.88 Å². The smallest absolute Gasteiger partial charge is 0.192 e. The molecule has 3 heterocycles. The molecule has 0 N–H and O–H groups in total. The molecular formula is C12H9N3OS. The fraction of sp³-hybridized carbons (Fsp3) is 0.0833. The van der Waals surface area contributed by atoms with Crippen LogP contribution >= 0.6 is 11.3 Å². The van der Waals surface area contributed by atoms with E-state index in [-0.39, 0.29) is 0 Å². The van der Waals surface area contributed by atoms with Gasteiger partial charge in [-0.25, -0.2) is 9.50 Å². The normalized spacial score (nSPS) is 10.9. The van der Waals surface area contributed by atoms with Crippen LogP contribution in [0.25, 0.3) is 16.3 Å². The third-order valence-electron chi connectivity index (χ3n) is 2.45. The lowest BCUT2D eigenvalue weighted by Gasteiger charge is -1.90. The number of fused-ring (bicyclic) bond motifs is 1. The average Bonchev–Trinajstić information content (AvgIpc) is 2.93. The van der Waals surface area contributed by atoms with Crippen LogP contribution in [-0.2, 0) is 0 Å². The molecule has 4 nitrogen and oxygen atoms in total. The molecule has 17 heavy (non-hydrogen) atoms. The van der Waals surface area contributed by atoms with E-state index < -0.39 is 0 Å². The summed E-state index contributed by atoms with van der Waals surface area (Å²) in [6, 6.07) is 7.58. The summed E-state index contributed by atoms with van der Waals surface area (Å²) in [5.74, 6) is 0.700. The minimum absolute atomic E-state index is 0.594. The van der Waals surface area contributed by atoms with Crippen LogP contribution in [0, 0.1) is 6.92 Å². The van der Waals surface area contributed by atoms with Crippen LogP contribution in [0.2, 0.25) is 0 Å². The number of aromatic nitrogens is 3. The summed E-state index contributed by atoms with van der Waals surface area (Å²) in [5, 5.41) is 4.36. The molecule has 0 spiro atoms. The van der Waals surface area contributed by atoms with Gasteiger partial charge in [-0.05, 0) is 31.2 Å². The number of hydrogen-bond donors (Lipinski definition) is 0. The number of hydrogen-bond acceptors (Lipinski definition) is 4. The van der Waals surface area contributed by atoms with Gasteiger partial charge in [-0.15, -0.1) is 16.4 Å². The van der Waals surface area contributed by atoms with Gasteiger partial charge < -0.3 is 0 Å². The van der Waals surface area contributed by atoms with E-state index in [1.165, 1.54) is 4.88 Å². The van der Waals surface area contributed by atoms with E-state index in [9.17, 15) is 4.79 Å². The second-order valence-corrected chi connectivity index (χ2v) is 5.02.